The zero-order valence-electron chi connectivity index (χ0n) is 12.6. The molecule has 0 radical (unpaired) electrons. The second kappa shape index (κ2) is 6.82. The minimum atomic E-state index is -0.126. The Balaban J connectivity index is 2.38. The Morgan fingerprint density at radius 2 is 2.05 bits per heavy atom. The van der Waals surface area contributed by atoms with Crippen molar-refractivity contribution < 1.29 is 4.79 Å². The third-order valence-corrected chi connectivity index (χ3v) is 4.55. The first-order chi connectivity index (χ1) is 10.1. The van der Waals surface area contributed by atoms with Crippen LogP contribution in [0.1, 0.15) is 50.2 Å². The van der Waals surface area contributed by atoms with Crippen LogP contribution in [0.2, 0.25) is 0 Å². The number of allylic oxidation sites excluding steroid dienone is 1. The van der Waals surface area contributed by atoms with Gasteiger partial charge < -0.3 is 5.32 Å². The van der Waals surface area contributed by atoms with Crippen LogP contribution in [-0.2, 0) is 4.79 Å². The standard InChI is InChI=1S/C17H20N2OS/c1-4-21-17-15(10-18)14(9-16(20)19-17)13-7-5-12(6-8-13)11(2)3/h5-8,11,14H,4,9H2,1-3H3,(H,19,20)/t14-/m0/s1. The zero-order chi connectivity index (χ0) is 15.4. The van der Waals surface area contributed by atoms with E-state index in [2.05, 4.69) is 37.4 Å². The van der Waals surface area contributed by atoms with Crippen molar-refractivity contribution in [1.29, 1.82) is 5.26 Å². The first-order valence-electron chi connectivity index (χ1n) is 7.23. The molecule has 1 heterocycles. The van der Waals surface area contributed by atoms with Gasteiger partial charge in [-0.15, -0.1) is 11.8 Å². The van der Waals surface area contributed by atoms with Crippen LogP contribution >= 0.6 is 11.8 Å². The van der Waals surface area contributed by atoms with Gasteiger partial charge >= 0.3 is 0 Å². The number of benzene rings is 1. The van der Waals surface area contributed by atoms with E-state index in [1.54, 1.807) is 0 Å². The fourth-order valence-corrected chi connectivity index (χ4v) is 3.29. The first kappa shape index (κ1) is 15.7. The summed E-state index contributed by atoms with van der Waals surface area (Å²) < 4.78 is 0. The molecule has 1 aromatic carbocycles. The highest BCUT2D eigenvalue weighted by molar-refractivity contribution is 8.03. The quantitative estimate of drug-likeness (QED) is 0.917. The third kappa shape index (κ3) is 3.48. The molecule has 0 unspecified atom stereocenters. The lowest BCUT2D eigenvalue weighted by molar-refractivity contribution is -0.120. The fraction of sp³-hybridized carbons (Fsp3) is 0.412. The highest BCUT2D eigenvalue weighted by Gasteiger charge is 2.29. The van der Waals surface area contributed by atoms with E-state index in [-0.39, 0.29) is 11.8 Å². The van der Waals surface area contributed by atoms with Crippen LogP contribution in [0.5, 0.6) is 0 Å². The molecule has 110 valence electrons. The molecular weight excluding hydrogens is 280 g/mol. The van der Waals surface area contributed by atoms with Crippen LogP contribution in [0.25, 0.3) is 0 Å². The fourth-order valence-electron chi connectivity index (χ4n) is 2.48. The van der Waals surface area contributed by atoms with Gasteiger partial charge in [0, 0.05) is 12.3 Å². The van der Waals surface area contributed by atoms with Gasteiger partial charge in [-0.05, 0) is 22.8 Å². The maximum absolute atomic E-state index is 11.9. The Hall–Kier alpha value is -1.73. The van der Waals surface area contributed by atoms with Gasteiger partial charge in [0.1, 0.15) is 0 Å². The SMILES string of the molecule is CCSC1=C(C#N)[C@H](c2ccc(C(C)C)cc2)CC(=O)N1. The minimum Gasteiger partial charge on any atom is -0.320 e. The number of carbonyl (C=O) groups is 1. The first-order valence-corrected chi connectivity index (χ1v) is 8.22. The molecule has 1 atom stereocenters. The van der Waals surface area contributed by atoms with Crippen molar-refractivity contribution in [3.05, 3.63) is 46.0 Å². The lowest BCUT2D eigenvalue weighted by Gasteiger charge is -2.25. The molecule has 1 aliphatic rings. The molecule has 21 heavy (non-hydrogen) atoms. The average Bonchev–Trinajstić information content (AvgIpc) is 2.47. The number of nitriles is 1. The summed E-state index contributed by atoms with van der Waals surface area (Å²) in [5.41, 5.74) is 2.99. The third-order valence-electron chi connectivity index (χ3n) is 3.65. The van der Waals surface area contributed by atoms with Crippen molar-refractivity contribution in [3.63, 3.8) is 0 Å². The molecule has 1 N–H and O–H groups in total. The largest absolute Gasteiger partial charge is 0.320 e. The topological polar surface area (TPSA) is 52.9 Å². The molecule has 0 fully saturated rings. The van der Waals surface area contributed by atoms with Crippen molar-refractivity contribution in [3.8, 4) is 6.07 Å². The number of thioether (sulfide) groups is 1. The Labute approximate surface area is 130 Å². The molecule has 0 spiro atoms. The summed E-state index contributed by atoms with van der Waals surface area (Å²) in [6.07, 6.45) is 0.345. The Morgan fingerprint density at radius 3 is 2.57 bits per heavy atom. The van der Waals surface area contributed by atoms with Gasteiger partial charge in [0.25, 0.3) is 0 Å². The lowest BCUT2D eigenvalue weighted by Crippen LogP contribution is -2.30. The molecule has 0 aromatic heterocycles. The van der Waals surface area contributed by atoms with Crippen molar-refractivity contribution >= 4 is 17.7 Å². The van der Waals surface area contributed by atoms with Crippen LogP contribution in [0.3, 0.4) is 0 Å². The maximum Gasteiger partial charge on any atom is 0.225 e. The summed E-state index contributed by atoms with van der Waals surface area (Å²) in [5, 5.41) is 13.0. The van der Waals surface area contributed by atoms with E-state index >= 15 is 0 Å². The van der Waals surface area contributed by atoms with Gasteiger partial charge in [0.2, 0.25) is 5.91 Å². The minimum absolute atomic E-state index is 0.0112. The molecule has 2 rings (SSSR count). The number of rotatable bonds is 4. The number of hydrogen-bond acceptors (Lipinski definition) is 3. The molecule has 1 aliphatic heterocycles. The number of nitrogens with one attached hydrogen (secondary N) is 1. The second-order valence-electron chi connectivity index (χ2n) is 5.41. The van der Waals surface area contributed by atoms with Gasteiger partial charge in [-0.2, -0.15) is 5.26 Å². The molecule has 0 bridgehead atoms. The monoisotopic (exact) mass is 300 g/mol. The van der Waals surface area contributed by atoms with E-state index in [1.165, 1.54) is 17.3 Å². The van der Waals surface area contributed by atoms with E-state index in [1.807, 2.05) is 19.1 Å². The predicted molar refractivity (Wildman–Crippen MR) is 86.8 cm³/mol. The van der Waals surface area contributed by atoms with Crippen molar-refractivity contribution in [2.45, 2.75) is 39.0 Å². The van der Waals surface area contributed by atoms with E-state index in [9.17, 15) is 10.1 Å². The number of amides is 1. The number of hydrogen-bond donors (Lipinski definition) is 1. The number of carbonyl (C=O) groups excluding carboxylic acids is 1. The van der Waals surface area contributed by atoms with Crippen molar-refractivity contribution in [2.75, 3.05) is 5.75 Å². The highest BCUT2D eigenvalue weighted by Crippen LogP contribution is 2.36. The second-order valence-corrected chi connectivity index (χ2v) is 6.69. The molecule has 0 aliphatic carbocycles. The van der Waals surface area contributed by atoms with Crippen LogP contribution in [0.4, 0.5) is 0 Å². The van der Waals surface area contributed by atoms with E-state index in [0.717, 1.165) is 11.3 Å². The summed E-state index contributed by atoms with van der Waals surface area (Å²) in [6, 6.07) is 10.6. The van der Waals surface area contributed by atoms with Crippen LogP contribution < -0.4 is 5.32 Å². The van der Waals surface area contributed by atoms with Crippen LogP contribution in [0.15, 0.2) is 34.9 Å². The zero-order valence-corrected chi connectivity index (χ0v) is 13.5. The molecule has 1 amide bonds. The predicted octanol–water partition coefficient (Wildman–Crippen LogP) is 3.90. The Morgan fingerprint density at radius 1 is 1.38 bits per heavy atom. The summed E-state index contributed by atoms with van der Waals surface area (Å²) in [6.45, 7) is 6.32. The Kier molecular flexibility index (Phi) is 5.08. The summed E-state index contributed by atoms with van der Waals surface area (Å²) in [7, 11) is 0. The molecule has 3 nitrogen and oxygen atoms in total. The van der Waals surface area contributed by atoms with Gasteiger partial charge in [-0.3, -0.25) is 4.79 Å². The Bertz CT molecular complexity index is 596. The van der Waals surface area contributed by atoms with Gasteiger partial charge in [0.05, 0.1) is 16.7 Å². The van der Waals surface area contributed by atoms with Gasteiger partial charge in [-0.1, -0.05) is 45.0 Å². The van der Waals surface area contributed by atoms with Gasteiger partial charge in [0.15, 0.2) is 0 Å². The molecule has 1 aromatic rings. The normalized spacial score (nSPS) is 18.6. The average molecular weight is 300 g/mol. The smallest absolute Gasteiger partial charge is 0.225 e. The number of nitrogens with zero attached hydrogens (tertiary/aromatic N) is 1. The van der Waals surface area contributed by atoms with E-state index < -0.39 is 0 Å². The molecule has 0 saturated heterocycles. The summed E-state index contributed by atoms with van der Waals surface area (Å²) in [5.74, 6) is 1.17. The molecule has 0 saturated carbocycles. The van der Waals surface area contributed by atoms with E-state index in [0.29, 0.717) is 22.9 Å². The van der Waals surface area contributed by atoms with Crippen LogP contribution in [0, 0.1) is 11.3 Å². The molecular formula is C17H20N2OS. The van der Waals surface area contributed by atoms with Crippen molar-refractivity contribution in [1.82, 2.24) is 5.32 Å². The summed E-state index contributed by atoms with van der Waals surface area (Å²) >= 11 is 1.52. The highest BCUT2D eigenvalue weighted by atomic mass is 32.2. The van der Waals surface area contributed by atoms with E-state index in [4.69, 9.17) is 0 Å². The summed E-state index contributed by atoms with van der Waals surface area (Å²) in [4.78, 5) is 11.9. The van der Waals surface area contributed by atoms with Gasteiger partial charge in [-0.25, -0.2) is 0 Å². The maximum atomic E-state index is 11.9. The van der Waals surface area contributed by atoms with Crippen molar-refractivity contribution in [2.24, 2.45) is 0 Å². The lowest BCUT2D eigenvalue weighted by atomic mass is 9.86. The molecule has 4 heteroatoms. The van der Waals surface area contributed by atoms with Crippen LogP contribution in [-0.4, -0.2) is 11.7 Å².